The van der Waals surface area contributed by atoms with Crippen molar-refractivity contribution in [3.8, 4) is 0 Å². The fourth-order valence-corrected chi connectivity index (χ4v) is 2.93. The summed E-state index contributed by atoms with van der Waals surface area (Å²) in [5, 5.41) is 5.63. The number of fused-ring (bicyclic) bond motifs is 1. The summed E-state index contributed by atoms with van der Waals surface area (Å²) in [5.41, 5.74) is 3.81. The van der Waals surface area contributed by atoms with Crippen molar-refractivity contribution >= 4 is 11.8 Å². The van der Waals surface area contributed by atoms with Gasteiger partial charge >= 0.3 is 6.03 Å². The molecule has 0 saturated carbocycles. The van der Waals surface area contributed by atoms with E-state index in [1.807, 2.05) is 25.3 Å². The van der Waals surface area contributed by atoms with Crippen LogP contribution < -0.4 is 15.5 Å². The van der Waals surface area contributed by atoms with E-state index in [1.165, 1.54) is 11.1 Å². The van der Waals surface area contributed by atoms with Gasteiger partial charge in [-0.05, 0) is 30.5 Å². The third-order valence-electron chi connectivity index (χ3n) is 4.07. The van der Waals surface area contributed by atoms with Crippen LogP contribution in [0.25, 0.3) is 0 Å². The van der Waals surface area contributed by atoms with Gasteiger partial charge in [-0.15, -0.1) is 0 Å². The van der Waals surface area contributed by atoms with Crippen LogP contribution in [0.2, 0.25) is 0 Å². The number of pyridine rings is 1. The number of carbonyl (C=O) groups is 1. The Hall–Kier alpha value is -2.56. The van der Waals surface area contributed by atoms with Crippen molar-refractivity contribution in [2.24, 2.45) is 0 Å². The summed E-state index contributed by atoms with van der Waals surface area (Å²) in [6, 6.07) is 12.3. The van der Waals surface area contributed by atoms with Gasteiger partial charge in [0.25, 0.3) is 0 Å². The van der Waals surface area contributed by atoms with Crippen molar-refractivity contribution < 1.29 is 4.79 Å². The summed E-state index contributed by atoms with van der Waals surface area (Å²) in [4.78, 5) is 18.5. The topological polar surface area (TPSA) is 57.3 Å². The molecule has 0 saturated heterocycles. The van der Waals surface area contributed by atoms with E-state index in [4.69, 9.17) is 0 Å². The van der Waals surface area contributed by atoms with Crippen LogP contribution in [0, 0.1) is 0 Å². The molecule has 23 heavy (non-hydrogen) atoms. The molecule has 1 aromatic heterocycles. The zero-order valence-corrected chi connectivity index (χ0v) is 13.4. The minimum atomic E-state index is -0.147. The molecule has 0 aliphatic carbocycles. The van der Waals surface area contributed by atoms with Gasteiger partial charge in [-0.2, -0.15) is 0 Å². The molecule has 1 aliphatic heterocycles. The molecule has 0 spiro atoms. The summed E-state index contributed by atoms with van der Waals surface area (Å²) in [5.74, 6) is 0.957. The lowest BCUT2D eigenvalue weighted by atomic mass is 9.99. The Kier molecular flexibility index (Phi) is 4.76. The van der Waals surface area contributed by atoms with Crippen molar-refractivity contribution in [3.63, 3.8) is 0 Å². The molecule has 2 N–H and O–H groups in total. The van der Waals surface area contributed by atoms with Gasteiger partial charge < -0.3 is 15.5 Å². The Bertz CT molecular complexity index is 686. The molecule has 5 nitrogen and oxygen atoms in total. The van der Waals surface area contributed by atoms with Gasteiger partial charge in [0.05, 0.1) is 0 Å². The van der Waals surface area contributed by atoms with Crippen LogP contribution >= 0.6 is 0 Å². The quantitative estimate of drug-likeness (QED) is 0.912. The third kappa shape index (κ3) is 3.62. The highest BCUT2D eigenvalue weighted by atomic mass is 16.2. The van der Waals surface area contributed by atoms with Crippen LogP contribution in [0.5, 0.6) is 0 Å². The van der Waals surface area contributed by atoms with Gasteiger partial charge in [0.15, 0.2) is 0 Å². The molecule has 120 valence electrons. The molecule has 0 fully saturated rings. The molecule has 2 aromatic rings. The van der Waals surface area contributed by atoms with E-state index in [-0.39, 0.29) is 6.03 Å². The minimum Gasteiger partial charge on any atom is -0.352 e. The molecule has 1 aliphatic rings. The lowest BCUT2D eigenvalue weighted by Crippen LogP contribution is -2.36. The molecule has 2 amide bonds. The predicted octanol–water partition coefficient (Wildman–Crippen LogP) is 2.46. The van der Waals surface area contributed by atoms with Gasteiger partial charge in [-0.25, -0.2) is 9.78 Å². The first-order chi connectivity index (χ1) is 11.3. The Balaban J connectivity index is 1.75. The molecule has 1 aromatic carbocycles. The van der Waals surface area contributed by atoms with Crippen LogP contribution in [0.15, 0.2) is 42.6 Å². The van der Waals surface area contributed by atoms with Crippen LogP contribution in [-0.4, -0.2) is 24.1 Å². The van der Waals surface area contributed by atoms with Gasteiger partial charge in [0.2, 0.25) is 0 Å². The van der Waals surface area contributed by atoms with E-state index in [1.54, 1.807) is 0 Å². The molecule has 0 atom stereocenters. The summed E-state index contributed by atoms with van der Waals surface area (Å²) in [6.07, 6.45) is 2.83. The van der Waals surface area contributed by atoms with Crippen molar-refractivity contribution in [3.05, 3.63) is 59.3 Å². The van der Waals surface area contributed by atoms with Crippen molar-refractivity contribution in [2.75, 3.05) is 18.0 Å². The summed E-state index contributed by atoms with van der Waals surface area (Å²) in [7, 11) is 0. The second-order valence-electron chi connectivity index (χ2n) is 5.64. The van der Waals surface area contributed by atoms with Crippen LogP contribution in [-0.2, 0) is 19.5 Å². The number of carbonyl (C=O) groups excluding carboxylic acids is 1. The third-order valence-corrected chi connectivity index (χ3v) is 4.07. The minimum absolute atomic E-state index is 0.147. The zero-order valence-electron chi connectivity index (χ0n) is 13.4. The number of nitrogens with one attached hydrogen (secondary N) is 2. The van der Waals surface area contributed by atoms with E-state index in [0.717, 1.165) is 30.9 Å². The highest BCUT2D eigenvalue weighted by Crippen LogP contribution is 2.25. The highest BCUT2D eigenvalue weighted by Gasteiger charge is 2.19. The second-order valence-corrected chi connectivity index (χ2v) is 5.64. The maximum atomic E-state index is 11.6. The highest BCUT2D eigenvalue weighted by molar-refractivity contribution is 5.74. The van der Waals surface area contributed by atoms with Gasteiger partial charge in [-0.1, -0.05) is 30.3 Å². The van der Waals surface area contributed by atoms with Crippen LogP contribution in [0.4, 0.5) is 10.6 Å². The number of hydrogen-bond donors (Lipinski definition) is 2. The number of rotatable bonds is 4. The molecule has 5 heteroatoms. The first kappa shape index (κ1) is 15.3. The first-order valence-corrected chi connectivity index (χ1v) is 8.05. The van der Waals surface area contributed by atoms with Crippen molar-refractivity contribution in [2.45, 2.75) is 26.4 Å². The molecule has 0 radical (unpaired) electrons. The lowest BCUT2D eigenvalue weighted by Gasteiger charge is -2.31. The average Bonchev–Trinajstić information content (AvgIpc) is 2.60. The Morgan fingerprint density at radius 2 is 2.00 bits per heavy atom. The largest absolute Gasteiger partial charge is 0.352 e. The zero-order chi connectivity index (χ0) is 16.1. The predicted molar refractivity (Wildman–Crippen MR) is 91.3 cm³/mol. The van der Waals surface area contributed by atoms with Crippen LogP contribution in [0.3, 0.4) is 0 Å². The maximum absolute atomic E-state index is 11.6. The van der Waals surface area contributed by atoms with E-state index in [9.17, 15) is 4.79 Å². The number of benzene rings is 1. The fourth-order valence-electron chi connectivity index (χ4n) is 2.93. The normalized spacial score (nSPS) is 13.3. The van der Waals surface area contributed by atoms with Gasteiger partial charge in [-0.3, -0.25) is 0 Å². The molecular formula is C18H22N4O. The SMILES string of the molecule is CCNC(=O)NCc1cccnc1N1CCc2ccccc2C1. The summed E-state index contributed by atoms with van der Waals surface area (Å²) < 4.78 is 0. The number of anilines is 1. The monoisotopic (exact) mass is 310 g/mol. The molecule has 3 rings (SSSR count). The molecular weight excluding hydrogens is 288 g/mol. The number of aromatic nitrogens is 1. The first-order valence-electron chi connectivity index (χ1n) is 8.05. The molecule has 0 unspecified atom stereocenters. The Morgan fingerprint density at radius 3 is 2.83 bits per heavy atom. The summed E-state index contributed by atoms with van der Waals surface area (Å²) in [6.45, 7) is 4.81. The molecule has 0 bridgehead atoms. The standard InChI is InChI=1S/C18H22N4O/c1-2-19-18(23)21-12-15-8-5-10-20-17(15)22-11-9-14-6-3-4-7-16(14)13-22/h3-8,10H,2,9,11-13H2,1H3,(H2,19,21,23). The number of urea groups is 1. The van der Waals surface area contributed by atoms with Gasteiger partial charge in [0.1, 0.15) is 5.82 Å². The maximum Gasteiger partial charge on any atom is 0.315 e. The Morgan fingerprint density at radius 1 is 1.17 bits per heavy atom. The van der Waals surface area contributed by atoms with Crippen molar-refractivity contribution in [1.82, 2.24) is 15.6 Å². The van der Waals surface area contributed by atoms with E-state index >= 15 is 0 Å². The fraction of sp³-hybridized carbons (Fsp3) is 0.333. The number of hydrogen-bond acceptors (Lipinski definition) is 3. The second kappa shape index (κ2) is 7.13. The van der Waals surface area contributed by atoms with Crippen LogP contribution in [0.1, 0.15) is 23.6 Å². The molecule has 2 heterocycles. The number of amides is 2. The average molecular weight is 310 g/mol. The summed E-state index contributed by atoms with van der Waals surface area (Å²) >= 11 is 0. The van der Waals surface area contributed by atoms with E-state index in [0.29, 0.717) is 13.1 Å². The smallest absolute Gasteiger partial charge is 0.315 e. The lowest BCUT2D eigenvalue weighted by molar-refractivity contribution is 0.241. The van der Waals surface area contributed by atoms with Gasteiger partial charge in [0, 0.05) is 37.9 Å². The van der Waals surface area contributed by atoms with Crippen molar-refractivity contribution in [1.29, 1.82) is 0 Å². The number of nitrogens with zero attached hydrogens (tertiary/aromatic N) is 2. The van der Waals surface area contributed by atoms with E-state index in [2.05, 4.69) is 44.8 Å². The van der Waals surface area contributed by atoms with E-state index < -0.39 is 0 Å². The Labute approximate surface area is 136 Å².